The van der Waals surface area contributed by atoms with Gasteiger partial charge >= 0.3 is 5.97 Å². The van der Waals surface area contributed by atoms with E-state index in [-0.39, 0.29) is 5.97 Å². The maximum absolute atomic E-state index is 11.6. The Balaban J connectivity index is 2.69. The number of halogens is 1. The number of carbonyl (C=O) groups excluding carboxylic acids is 1. The zero-order valence-electron chi connectivity index (χ0n) is 8.29. The van der Waals surface area contributed by atoms with Crippen molar-refractivity contribution >= 4 is 28.6 Å². The minimum absolute atomic E-state index is 0.257. The van der Waals surface area contributed by atoms with E-state index < -0.39 is 5.60 Å². The van der Waals surface area contributed by atoms with E-state index in [0.717, 1.165) is 4.43 Å². The predicted octanol–water partition coefficient (Wildman–Crippen LogP) is 3.06. The van der Waals surface area contributed by atoms with Gasteiger partial charge < -0.3 is 4.74 Å². The average Bonchev–Trinajstić information content (AvgIpc) is 2.19. The van der Waals surface area contributed by atoms with Crippen molar-refractivity contribution in [2.45, 2.75) is 19.4 Å². The van der Waals surface area contributed by atoms with E-state index in [9.17, 15) is 4.79 Å². The van der Waals surface area contributed by atoms with Crippen molar-refractivity contribution in [1.29, 1.82) is 0 Å². The average molecular weight is 304 g/mol. The molecule has 3 heteroatoms. The topological polar surface area (TPSA) is 26.3 Å². The quantitative estimate of drug-likeness (QED) is 0.487. The van der Waals surface area contributed by atoms with Gasteiger partial charge in [0.2, 0.25) is 0 Å². The van der Waals surface area contributed by atoms with Gasteiger partial charge in [0.05, 0.1) is 5.56 Å². The molecule has 0 aliphatic carbocycles. The second kappa shape index (κ2) is 4.77. The molecular weight excluding hydrogens is 291 g/mol. The smallest absolute Gasteiger partial charge is 0.338 e. The van der Waals surface area contributed by atoms with E-state index in [0.29, 0.717) is 5.56 Å². The Morgan fingerprint density at radius 3 is 2.43 bits per heavy atom. The maximum atomic E-state index is 11.6. The Morgan fingerprint density at radius 2 is 1.93 bits per heavy atom. The monoisotopic (exact) mass is 304 g/mol. The van der Waals surface area contributed by atoms with Gasteiger partial charge in [-0.3, -0.25) is 0 Å². The van der Waals surface area contributed by atoms with Crippen LogP contribution in [0.25, 0.3) is 0 Å². The summed E-state index contributed by atoms with van der Waals surface area (Å²) in [6.45, 7) is 3.81. The maximum Gasteiger partial charge on any atom is 0.338 e. The summed E-state index contributed by atoms with van der Waals surface area (Å²) in [4.78, 5) is 11.6. The SMILES string of the molecule is CC(C)(CI)OC(=O)c1ccccc1. The molecular formula is C11H13IO2. The number of benzene rings is 1. The molecule has 0 aliphatic rings. The van der Waals surface area contributed by atoms with Gasteiger partial charge in [0.25, 0.3) is 0 Å². The number of rotatable bonds is 3. The normalized spacial score (nSPS) is 11.1. The fourth-order valence-corrected chi connectivity index (χ4v) is 1.07. The number of hydrogen-bond donors (Lipinski definition) is 0. The minimum Gasteiger partial charge on any atom is -0.455 e. The van der Waals surface area contributed by atoms with Gasteiger partial charge in [0, 0.05) is 4.43 Å². The van der Waals surface area contributed by atoms with Gasteiger partial charge in [0.15, 0.2) is 0 Å². The summed E-state index contributed by atoms with van der Waals surface area (Å²) >= 11 is 2.21. The van der Waals surface area contributed by atoms with Crippen LogP contribution in [0.4, 0.5) is 0 Å². The molecule has 0 amide bonds. The van der Waals surface area contributed by atoms with Gasteiger partial charge in [-0.25, -0.2) is 4.79 Å². The van der Waals surface area contributed by atoms with Crippen LogP contribution in [-0.4, -0.2) is 16.0 Å². The molecule has 0 heterocycles. The molecule has 0 radical (unpaired) electrons. The summed E-state index contributed by atoms with van der Waals surface area (Å²) in [5.74, 6) is -0.257. The first-order valence-electron chi connectivity index (χ1n) is 4.39. The lowest BCUT2D eigenvalue weighted by Gasteiger charge is -2.22. The fourth-order valence-electron chi connectivity index (χ4n) is 0.911. The Kier molecular flexibility index (Phi) is 3.92. The molecule has 1 rings (SSSR count). The van der Waals surface area contributed by atoms with Crippen LogP contribution in [0.1, 0.15) is 24.2 Å². The second-order valence-electron chi connectivity index (χ2n) is 3.65. The van der Waals surface area contributed by atoms with Crippen molar-refractivity contribution in [2.24, 2.45) is 0 Å². The van der Waals surface area contributed by atoms with Crippen LogP contribution in [0.5, 0.6) is 0 Å². The highest BCUT2D eigenvalue weighted by Gasteiger charge is 2.21. The first-order valence-corrected chi connectivity index (χ1v) is 5.92. The molecule has 1 aromatic carbocycles. The molecule has 2 nitrogen and oxygen atoms in total. The molecule has 0 atom stereocenters. The highest BCUT2D eigenvalue weighted by molar-refractivity contribution is 14.1. The summed E-state index contributed by atoms with van der Waals surface area (Å²) in [5.41, 5.74) is 0.207. The highest BCUT2D eigenvalue weighted by atomic mass is 127. The van der Waals surface area contributed by atoms with Crippen LogP contribution in [0.3, 0.4) is 0 Å². The van der Waals surface area contributed by atoms with Crippen LogP contribution < -0.4 is 0 Å². The predicted molar refractivity (Wildman–Crippen MR) is 64.8 cm³/mol. The molecule has 0 aromatic heterocycles. The lowest BCUT2D eigenvalue weighted by Crippen LogP contribution is -2.29. The van der Waals surface area contributed by atoms with E-state index in [1.54, 1.807) is 12.1 Å². The lowest BCUT2D eigenvalue weighted by atomic mass is 10.2. The van der Waals surface area contributed by atoms with E-state index >= 15 is 0 Å². The van der Waals surface area contributed by atoms with Gasteiger partial charge in [-0.15, -0.1) is 0 Å². The molecule has 0 aliphatic heterocycles. The zero-order chi connectivity index (χ0) is 10.6. The van der Waals surface area contributed by atoms with Crippen molar-refractivity contribution in [3.8, 4) is 0 Å². The van der Waals surface area contributed by atoms with Crippen molar-refractivity contribution in [2.75, 3.05) is 4.43 Å². The van der Waals surface area contributed by atoms with Crippen LogP contribution in [0.2, 0.25) is 0 Å². The lowest BCUT2D eigenvalue weighted by molar-refractivity contribution is 0.00988. The molecule has 76 valence electrons. The Bertz CT molecular complexity index is 306. The summed E-state index contributed by atoms with van der Waals surface area (Å²) in [6, 6.07) is 9.04. The van der Waals surface area contributed by atoms with Crippen LogP contribution in [0, 0.1) is 0 Å². The molecule has 0 N–H and O–H groups in total. The number of esters is 1. The van der Waals surface area contributed by atoms with Gasteiger partial charge in [-0.1, -0.05) is 40.8 Å². The number of carbonyl (C=O) groups is 1. The molecule has 14 heavy (non-hydrogen) atoms. The standard InChI is InChI=1S/C11H13IO2/c1-11(2,8-12)14-10(13)9-6-4-3-5-7-9/h3-7H,8H2,1-2H3. The third-order valence-electron chi connectivity index (χ3n) is 1.70. The third kappa shape index (κ3) is 3.29. The van der Waals surface area contributed by atoms with Gasteiger partial charge in [-0.05, 0) is 26.0 Å². The van der Waals surface area contributed by atoms with E-state index in [1.807, 2.05) is 32.0 Å². The minimum atomic E-state index is -0.395. The van der Waals surface area contributed by atoms with E-state index in [4.69, 9.17) is 4.74 Å². The van der Waals surface area contributed by atoms with Crippen LogP contribution in [0.15, 0.2) is 30.3 Å². The first kappa shape index (κ1) is 11.5. The Labute approximate surface area is 97.8 Å². The fraction of sp³-hybridized carbons (Fsp3) is 0.364. The molecule has 0 saturated heterocycles. The molecule has 1 aromatic rings. The third-order valence-corrected chi connectivity index (χ3v) is 3.54. The molecule has 0 spiro atoms. The summed E-state index contributed by atoms with van der Waals surface area (Å²) < 4.78 is 6.11. The summed E-state index contributed by atoms with van der Waals surface area (Å²) in [5, 5.41) is 0. The Morgan fingerprint density at radius 1 is 1.36 bits per heavy atom. The molecule has 0 unspecified atom stereocenters. The van der Waals surface area contributed by atoms with Crippen LogP contribution >= 0.6 is 22.6 Å². The van der Waals surface area contributed by atoms with E-state index in [1.165, 1.54) is 0 Å². The number of hydrogen-bond acceptors (Lipinski definition) is 2. The Hall–Kier alpha value is -0.580. The van der Waals surface area contributed by atoms with Crippen molar-refractivity contribution in [3.63, 3.8) is 0 Å². The molecule has 0 saturated carbocycles. The van der Waals surface area contributed by atoms with E-state index in [2.05, 4.69) is 22.6 Å². The first-order chi connectivity index (χ1) is 6.55. The van der Waals surface area contributed by atoms with Gasteiger partial charge in [-0.2, -0.15) is 0 Å². The second-order valence-corrected chi connectivity index (χ2v) is 4.41. The largest absolute Gasteiger partial charge is 0.455 e. The zero-order valence-corrected chi connectivity index (χ0v) is 10.4. The van der Waals surface area contributed by atoms with Crippen molar-refractivity contribution in [3.05, 3.63) is 35.9 Å². The molecule has 0 fully saturated rings. The number of ether oxygens (including phenoxy) is 1. The highest BCUT2D eigenvalue weighted by Crippen LogP contribution is 2.15. The van der Waals surface area contributed by atoms with Crippen LogP contribution in [-0.2, 0) is 4.74 Å². The number of alkyl halides is 1. The molecule has 0 bridgehead atoms. The summed E-state index contributed by atoms with van der Waals surface area (Å²) in [7, 11) is 0. The summed E-state index contributed by atoms with van der Waals surface area (Å²) in [6.07, 6.45) is 0. The van der Waals surface area contributed by atoms with Crippen molar-refractivity contribution < 1.29 is 9.53 Å². The van der Waals surface area contributed by atoms with Gasteiger partial charge in [0.1, 0.15) is 5.60 Å². The van der Waals surface area contributed by atoms with Crippen molar-refractivity contribution in [1.82, 2.24) is 0 Å².